The highest BCUT2D eigenvalue weighted by molar-refractivity contribution is 8.03. The van der Waals surface area contributed by atoms with Crippen LogP contribution in [0.1, 0.15) is 119 Å². The van der Waals surface area contributed by atoms with Crippen molar-refractivity contribution < 1.29 is 32.2 Å². The number of para-hydroxylation sites is 1. The van der Waals surface area contributed by atoms with Crippen LogP contribution < -0.4 is 26.8 Å². The van der Waals surface area contributed by atoms with E-state index in [1.807, 2.05) is 0 Å². The Morgan fingerprint density at radius 3 is 2.48 bits per heavy atom. The summed E-state index contributed by atoms with van der Waals surface area (Å²) in [6.45, 7) is 14.9. The Kier molecular flexibility index (Phi) is 16.6. The minimum Gasteiger partial charge on any atom is -0.480 e. The van der Waals surface area contributed by atoms with Gasteiger partial charge in [-0.1, -0.05) is 75.2 Å². The summed E-state index contributed by atoms with van der Waals surface area (Å²) < 4.78 is 35.2. The fourth-order valence-electron chi connectivity index (χ4n) is 10.3. The molecule has 0 saturated heterocycles. The number of aromatic amines is 1. The van der Waals surface area contributed by atoms with Gasteiger partial charge in [0.25, 0.3) is 21.6 Å². The number of carboxylic acids is 1. The summed E-state index contributed by atoms with van der Waals surface area (Å²) in [5, 5.41) is 16.6. The molecule has 4 heterocycles. The van der Waals surface area contributed by atoms with Crippen molar-refractivity contribution in [2.24, 2.45) is 0 Å². The molecule has 1 aliphatic carbocycles. The molecule has 2 aliphatic heterocycles. The lowest BCUT2D eigenvalue weighted by atomic mass is 9.81. The first-order valence-corrected chi connectivity index (χ1v) is 28.3. The Morgan fingerprint density at radius 2 is 1.73 bits per heavy atom. The van der Waals surface area contributed by atoms with Crippen LogP contribution >= 0.6 is 11.8 Å². The molecule has 75 heavy (non-hydrogen) atoms. The van der Waals surface area contributed by atoms with Crippen LogP contribution in [0.4, 0.5) is 23.0 Å². The zero-order valence-electron chi connectivity index (χ0n) is 43.6. The van der Waals surface area contributed by atoms with Crippen molar-refractivity contribution in [3.8, 4) is 0 Å². The molecule has 16 nitrogen and oxygen atoms in total. The lowest BCUT2D eigenvalue weighted by molar-refractivity contribution is -0.438. The average Bonchev–Trinajstić information content (AvgIpc) is 3.71. The van der Waals surface area contributed by atoms with Gasteiger partial charge in [0, 0.05) is 69.4 Å². The van der Waals surface area contributed by atoms with E-state index in [1.54, 1.807) is 24.3 Å². The van der Waals surface area contributed by atoms with E-state index in [9.17, 15) is 32.5 Å². The van der Waals surface area contributed by atoms with Crippen molar-refractivity contribution in [3.05, 3.63) is 157 Å². The number of fused-ring (bicyclic) bond motifs is 3. The number of nitrogen functional groups attached to an aromatic ring is 1. The van der Waals surface area contributed by atoms with Gasteiger partial charge in [-0.05, 0) is 112 Å². The van der Waals surface area contributed by atoms with E-state index in [1.165, 1.54) is 40.5 Å². The third-order valence-corrected chi connectivity index (χ3v) is 16.4. The number of unbranched alkanes of at least 4 members (excludes halogenated alkanes) is 3. The first-order valence-electron chi connectivity index (χ1n) is 25.7. The van der Waals surface area contributed by atoms with Gasteiger partial charge < -0.3 is 26.4 Å². The van der Waals surface area contributed by atoms with Crippen molar-refractivity contribution in [2.75, 3.05) is 40.5 Å². The van der Waals surface area contributed by atoms with Crippen molar-refractivity contribution in [3.63, 3.8) is 0 Å². The lowest BCUT2D eigenvalue weighted by Crippen LogP contribution is -2.42. The third kappa shape index (κ3) is 12.5. The lowest BCUT2D eigenvalue weighted by Gasteiger charge is -2.28. The molecule has 5 aromatic rings. The number of nitrogens with two attached hydrogens (primary N) is 1. The number of nitrogens with one attached hydrogen (secondary N) is 3. The molecule has 0 bridgehead atoms. The molecule has 3 aliphatic rings. The van der Waals surface area contributed by atoms with Gasteiger partial charge in [-0.3, -0.25) is 19.1 Å². The number of aromatic nitrogens is 4. The standard InChI is InChI=1S/C57H67N9O7S2/c1-7-8-11-29-65-45-18-10-9-17-42(45)56(3,4)47(65)27-22-37-15-14-16-38(23-28-48-57(5,6)43-32-36(2)19-26-46(43)66(48)30-12-13-31-75(71,72)73)50(37)74-35-44(54(69)70)62-52(67)39-20-24-40(25-21-39)59-33-41-34-60-51-49(61-41)53(68)64-55(58)63-51/h9-10,17-28,32,34,44H,7-8,11-16,29-31,33,35H2,1-6H3,(H6-,58,59,60,62,63,64,67,68,69,70,71,72,73)/p+1. The molecular weight excluding hydrogens is 987 g/mol. The molecule has 2 aromatic heterocycles. The van der Waals surface area contributed by atoms with E-state index in [2.05, 4.69) is 148 Å². The summed E-state index contributed by atoms with van der Waals surface area (Å²) in [6, 6.07) is 20.5. The monoisotopic (exact) mass is 1050 g/mol. The molecule has 7 N–H and O–H groups in total. The normalized spacial score (nSPS) is 17.6. The molecule has 1 atom stereocenters. The highest BCUT2D eigenvalue weighted by atomic mass is 32.2. The van der Waals surface area contributed by atoms with E-state index >= 15 is 0 Å². The average molecular weight is 1060 g/mol. The second-order valence-electron chi connectivity index (χ2n) is 20.6. The van der Waals surface area contributed by atoms with Crippen molar-refractivity contribution in [2.45, 2.75) is 116 Å². The molecule has 0 radical (unpaired) electrons. The molecule has 1 amide bonds. The van der Waals surface area contributed by atoms with Gasteiger partial charge in [0.1, 0.15) is 12.6 Å². The number of hydrogen-bond acceptors (Lipinski definition) is 12. The Bertz CT molecular complexity index is 3340. The summed E-state index contributed by atoms with van der Waals surface area (Å²) in [7, 11) is -4.09. The summed E-state index contributed by atoms with van der Waals surface area (Å²) in [6.07, 6.45) is 16.9. The zero-order valence-corrected chi connectivity index (χ0v) is 45.2. The summed E-state index contributed by atoms with van der Waals surface area (Å²) in [4.78, 5) is 57.4. The summed E-state index contributed by atoms with van der Waals surface area (Å²) in [5.74, 6) is -1.98. The Labute approximate surface area is 443 Å². The zero-order chi connectivity index (χ0) is 53.7. The predicted molar refractivity (Wildman–Crippen MR) is 300 cm³/mol. The first-order chi connectivity index (χ1) is 35.7. The van der Waals surface area contributed by atoms with E-state index in [0.717, 1.165) is 78.1 Å². The Balaban J connectivity index is 1.08. The number of hydrogen-bond donors (Lipinski definition) is 6. The largest absolute Gasteiger partial charge is 0.480 e. The van der Waals surface area contributed by atoms with E-state index < -0.39 is 39.0 Å². The number of aryl methyl sites for hydroxylation is 1. The van der Waals surface area contributed by atoms with Gasteiger partial charge in [-0.15, -0.1) is 11.8 Å². The number of thioether (sulfide) groups is 1. The molecule has 1 unspecified atom stereocenters. The molecule has 394 valence electrons. The van der Waals surface area contributed by atoms with Crippen LogP contribution in [0.25, 0.3) is 11.2 Å². The quantitative estimate of drug-likeness (QED) is 0.0228. The number of rotatable bonds is 21. The van der Waals surface area contributed by atoms with Crippen LogP contribution in [0.3, 0.4) is 0 Å². The van der Waals surface area contributed by atoms with Crippen LogP contribution in [0.5, 0.6) is 0 Å². The van der Waals surface area contributed by atoms with Crippen LogP contribution in [0, 0.1) is 6.92 Å². The van der Waals surface area contributed by atoms with Crippen LogP contribution in [0.2, 0.25) is 0 Å². The van der Waals surface area contributed by atoms with E-state index in [-0.39, 0.29) is 46.1 Å². The third-order valence-electron chi connectivity index (χ3n) is 14.3. The van der Waals surface area contributed by atoms with E-state index in [4.69, 9.17) is 5.73 Å². The topological polar surface area (TPSA) is 237 Å². The fourth-order valence-corrected chi connectivity index (χ4v) is 12.2. The van der Waals surface area contributed by atoms with E-state index in [0.29, 0.717) is 30.8 Å². The number of H-pyrrole nitrogens is 1. The second-order valence-corrected chi connectivity index (χ2v) is 23.2. The first kappa shape index (κ1) is 54.4. The maximum Gasteiger partial charge on any atom is 0.327 e. The van der Waals surface area contributed by atoms with Crippen molar-refractivity contribution in [1.29, 1.82) is 0 Å². The predicted octanol–water partition coefficient (Wildman–Crippen LogP) is 9.67. The number of carbonyl (C=O) groups is 2. The van der Waals surface area contributed by atoms with Crippen LogP contribution in [-0.2, 0) is 32.3 Å². The van der Waals surface area contributed by atoms with Gasteiger partial charge >= 0.3 is 5.97 Å². The number of allylic oxidation sites excluding steroid dienone is 7. The maximum atomic E-state index is 13.8. The SMILES string of the molecule is CCCCC[N+]1=C(C=CC2=C(SCC(NC(=O)c3ccc(NCc4cnc5nc(N)[nH]c(=O)c5n4)cc3)C(=O)O)C(=CC=C3N(CCCCS(=O)(=O)O)c4ccc(C)cc4C3(C)C)CCC2)C(C)(C)c2ccccc21. The van der Waals surface area contributed by atoms with Gasteiger partial charge in [0.2, 0.25) is 11.6 Å². The molecule has 8 rings (SSSR count). The Morgan fingerprint density at radius 1 is 0.960 bits per heavy atom. The van der Waals surface area contributed by atoms with Crippen LogP contribution in [-0.4, -0.2) is 90.8 Å². The second kappa shape index (κ2) is 22.9. The molecule has 0 spiro atoms. The van der Waals surface area contributed by atoms with Gasteiger partial charge in [0.15, 0.2) is 16.9 Å². The van der Waals surface area contributed by atoms with Gasteiger partial charge in [0.05, 0.1) is 29.6 Å². The number of benzene rings is 3. The molecule has 18 heteroatoms. The molecular formula is C57H68N9O7S2+. The minimum atomic E-state index is -4.09. The van der Waals surface area contributed by atoms with Crippen LogP contribution in [0.15, 0.2) is 124 Å². The number of amides is 1. The molecule has 0 saturated carbocycles. The minimum absolute atomic E-state index is 0.0501. The molecule has 3 aromatic carbocycles. The number of carboxylic acid groups (broad SMARTS) is 1. The summed E-state index contributed by atoms with van der Waals surface area (Å²) >= 11 is 1.44. The highest BCUT2D eigenvalue weighted by Gasteiger charge is 2.44. The van der Waals surface area contributed by atoms with Gasteiger partial charge in [-0.25, -0.2) is 14.8 Å². The number of carbonyl (C=O) groups excluding carboxylic acids is 1. The highest BCUT2D eigenvalue weighted by Crippen LogP contribution is 2.49. The number of aliphatic carboxylic acids is 1. The molecule has 0 fully saturated rings. The number of anilines is 3. The maximum absolute atomic E-state index is 13.8. The smallest absolute Gasteiger partial charge is 0.327 e. The van der Waals surface area contributed by atoms with Gasteiger partial charge in [-0.2, -0.15) is 18.0 Å². The summed E-state index contributed by atoms with van der Waals surface area (Å²) in [5.41, 5.74) is 16.4. The van der Waals surface area contributed by atoms with Crippen molar-refractivity contribution >= 4 is 73.6 Å². The fraction of sp³-hybridized carbons (Fsp3) is 0.386. The number of nitrogens with zero attached hydrogens (tertiary/aromatic N) is 5. The van der Waals surface area contributed by atoms with Crippen molar-refractivity contribution in [1.82, 2.24) is 25.3 Å². The Hall–Kier alpha value is -6.89.